The highest BCUT2D eigenvalue weighted by Gasteiger charge is 2.25. The number of carbonyl (C=O) groups excluding carboxylic acids is 1. The fourth-order valence-electron chi connectivity index (χ4n) is 4.42. The first-order valence-electron chi connectivity index (χ1n) is 11.9. The van der Waals surface area contributed by atoms with Gasteiger partial charge in [0.1, 0.15) is 29.3 Å². The Morgan fingerprint density at radius 1 is 1.15 bits per heavy atom. The van der Waals surface area contributed by atoms with Crippen LogP contribution in [0, 0.1) is 19.7 Å². The maximum absolute atomic E-state index is 14.8. The summed E-state index contributed by atoms with van der Waals surface area (Å²) in [5.74, 6) is -0.950. The summed E-state index contributed by atoms with van der Waals surface area (Å²) in [6.45, 7) is 3.47. The maximum Gasteiger partial charge on any atom is 0.261 e. The van der Waals surface area contributed by atoms with E-state index in [2.05, 4.69) is 25.4 Å². The summed E-state index contributed by atoms with van der Waals surface area (Å²) in [7, 11) is 1.57. The minimum absolute atomic E-state index is 0.000425. The van der Waals surface area contributed by atoms with E-state index in [4.69, 9.17) is 23.2 Å². The van der Waals surface area contributed by atoms with Gasteiger partial charge in [0.2, 0.25) is 0 Å². The van der Waals surface area contributed by atoms with Gasteiger partial charge >= 0.3 is 0 Å². The predicted molar refractivity (Wildman–Crippen MR) is 146 cm³/mol. The normalized spacial score (nSPS) is 12.1. The molecule has 0 aliphatic rings. The first-order chi connectivity index (χ1) is 18.7. The number of nitrogens with one attached hydrogen (secondary N) is 1. The highest BCUT2D eigenvalue weighted by molar-refractivity contribution is 6.40. The molecule has 0 spiro atoms. The van der Waals surface area contributed by atoms with Crippen molar-refractivity contribution >= 4 is 40.0 Å². The number of hydrogen-bond acceptors (Lipinski definition) is 6. The average Bonchev–Trinajstić information content (AvgIpc) is 3.35. The lowest BCUT2D eigenvalue weighted by molar-refractivity contribution is 0.0952. The molecule has 5 rings (SSSR count). The fourth-order valence-corrected chi connectivity index (χ4v) is 5.07. The number of nitrogens with zero attached hydrogens (tertiary/aromatic N) is 6. The van der Waals surface area contributed by atoms with Crippen LogP contribution in [0.5, 0.6) is 0 Å². The second kappa shape index (κ2) is 10.5. The van der Waals surface area contributed by atoms with Crippen LogP contribution in [0.2, 0.25) is 10.0 Å². The molecule has 12 heteroatoms. The Morgan fingerprint density at radius 2 is 1.90 bits per heavy atom. The van der Waals surface area contributed by atoms with E-state index in [1.807, 2.05) is 0 Å². The Kier molecular flexibility index (Phi) is 7.16. The lowest BCUT2D eigenvalue weighted by Gasteiger charge is -2.21. The Hall–Kier alpha value is -4.15. The first-order valence-corrected chi connectivity index (χ1v) is 12.6. The molecule has 198 valence electrons. The molecular weight excluding hydrogens is 544 g/mol. The Labute approximate surface area is 232 Å². The standard InChI is InChI=1S/C27H22Cl2FN7O2/c1-14-6-7-21(30)24-22(14)27(39)36(3)25(34-24)18(16-5-4-8-31-11-16)12-32-26(38)23-19(28)9-17(10-20(23)29)37-13-33-15(2)35-37/h4-11,13,18H,12H2,1-3H3,(H,32,38). The molecule has 0 saturated heterocycles. The van der Waals surface area contributed by atoms with Crippen LogP contribution < -0.4 is 10.9 Å². The van der Waals surface area contributed by atoms with Gasteiger partial charge in [-0.05, 0) is 49.2 Å². The van der Waals surface area contributed by atoms with Gasteiger partial charge in [-0.3, -0.25) is 19.1 Å². The topological polar surface area (TPSA) is 108 Å². The second-order valence-electron chi connectivity index (χ2n) is 8.99. The van der Waals surface area contributed by atoms with Crippen LogP contribution in [0.3, 0.4) is 0 Å². The SMILES string of the molecule is Cc1ncn(-c2cc(Cl)c(C(=O)NCC(c3cccnc3)c3nc4c(F)ccc(C)c4c(=O)n3C)c(Cl)c2)n1. The van der Waals surface area contributed by atoms with E-state index in [-0.39, 0.29) is 38.9 Å². The third-order valence-corrected chi connectivity index (χ3v) is 7.01. The number of aryl methyl sites for hydroxylation is 2. The van der Waals surface area contributed by atoms with Crippen molar-refractivity contribution < 1.29 is 9.18 Å². The number of hydrogen-bond donors (Lipinski definition) is 1. The van der Waals surface area contributed by atoms with Crippen molar-refractivity contribution in [2.24, 2.45) is 7.05 Å². The van der Waals surface area contributed by atoms with E-state index in [0.29, 0.717) is 22.6 Å². The van der Waals surface area contributed by atoms with Crippen molar-refractivity contribution in [3.05, 3.63) is 110 Å². The van der Waals surface area contributed by atoms with Crippen LogP contribution in [-0.4, -0.2) is 41.8 Å². The van der Waals surface area contributed by atoms with Gasteiger partial charge in [-0.1, -0.05) is 35.3 Å². The number of rotatable bonds is 6. The molecule has 1 amide bonds. The number of pyridine rings is 1. The van der Waals surface area contributed by atoms with Crippen LogP contribution in [-0.2, 0) is 7.05 Å². The van der Waals surface area contributed by atoms with Gasteiger partial charge in [0.15, 0.2) is 0 Å². The van der Waals surface area contributed by atoms with Crippen molar-refractivity contribution in [1.82, 2.24) is 34.6 Å². The number of amides is 1. The molecule has 3 aromatic heterocycles. The minimum Gasteiger partial charge on any atom is -0.351 e. The highest BCUT2D eigenvalue weighted by Crippen LogP contribution is 2.29. The van der Waals surface area contributed by atoms with E-state index >= 15 is 0 Å². The predicted octanol–water partition coefficient (Wildman–Crippen LogP) is 4.53. The van der Waals surface area contributed by atoms with Crippen molar-refractivity contribution in [1.29, 1.82) is 0 Å². The summed E-state index contributed by atoms with van der Waals surface area (Å²) < 4.78 is 17.6. The van der Waals surface area contributed by atoms with Crippen molar-refractivity contribution in [2.45, 2.75) is 19.8 Å². The lowest BCUT2D eigenvalue weighted by atomic mass is 9.98. The highest BCUT2D eigenvalue weighted by atomic mass is 35.5. The molecule has 1 atom stereocenters. The van der Waals surface area contributed by atoms with Crippen molar-refractivity contribution in [2.75, 3.05) is 6.54 Å². The Balaban J connectivity index is 1.52. The average molecular weight is 566 g/mol. The summed E-state index contributed by atoms with van der Waals surface area (Å²) in [5, 5.41) is 7.52. The van der Waals surface area contributed by atoms with Gasteiger partial charge in [0.05, 0.1) is 32.6 Å². The molecule has 3 heterocycles. The van der Waals surface area contributed by atoms with Crippen LogP contribution in [0.1, 0.15) is 39.1 Å². The second-order valence-corrected chi connectivity index (χ2v) is 9.81. The molecule has 2 aromatic carbocycles. The number of halogens is 3. The number of fused-ring (bicyclic) bond motifs is 1. The van der Waals surface area contributed by atoms with Crippen LogP contribution in [0.25, 0.3) is 16.6 Å². The number of carbonyl (C=O) groups is 1. The molecule has 0 saturated carbocycles. The Bertz CT molecular complexity index is 1760. The summed E-state index contributed by atoms with van der Waals surface area (Å²) in [4.78, 5) is 39.4. The molecule has 9 nitrogen and oxygen atoms in total. The van der Waals surface area contributed by atoms with Crippen LogP contribution in [0.4, 0.5) is 4.39 Å². The van der Waals surface area contributed by atoms with Gasteiger partial charge in [-0.2, -0.15) is 5.10 Å². The van der Waals surface area contributed by atoms with E-state index < -0.39 is 23.2 Å². The zero-order valence-electron chi connectivity index (χ0n) is 21.1. The van der Waals surface area contributed by atoms with Crippen molar-refractivity contribution in [3.63, 3.8) is 0 Å². The first kappa shape index (κ1) is 26.5. The third kappa shape index (κ3) is 5.00. The molecule has 5 aromatic rings. The van der Waals surface area contributed by atoms with Crippen molar-refractivity contribution in [3.8, 4) is 5.69 Å². The molecule has 0 bridgehead atoms. The fraction of sp³-hybridized carbons (Fsp3) is 0.185. The Morgan fingerprint density at radius 3 is 2.54 bits per heavy atom. The summed E-state index contributed by atoms with van der Waals surface area (Å²) in [6.07, 6.45) is 4.72. The monoisotopic (exact) mass is 565 g/mol. The van der Waals surface area contributed by atoms with E-state index in [9.17, 15) is 14.0 Å². The molecule has 0 fully saturated rings. The summed E-state index contributed by atoms with van der Waals surface area (Å²) in [5.41, 5.74) is 1.48. The van der Waals surface area contributed by atoms with Gasteiger partial charge in [-0.25, -0.2) is 19.0 Å². The minimum atomic E-state index is -0.639. The van der Waals surface area contributed by atoms with E-state index in [1.54, 1.807) is 63.6 Å². The maximum atomic E-state index is 14.8. The molecule has 0 aliphatic carbocycles. The summed E-state index contributed by atoms with van der Waals surface area (Å²) >= 11 is 12.9. The van der Waals surface area contributed by atoms with E-state index in [0.717, 1.165) is 0 Å². The van der Waals surface area contributed by atoms with Crippen LogP contribution in [0.15, 0.2) is 59.9 Å². The zero-order valence-corrected chi connectivity index (χ0v) is 22.6. The molecule has 1 N–H and O–H groups in total. The zero-order chi connectivity index (χ0) is 27.8. The largest absolute Gasteiger partial charge is 0.351 e. The number of benzene rings is 2. The molecular formula is C27H22Cl2FN7O2. The summed E-state index contributed by atoms with van der Waals surface area (Å²) in [6, 6.07) is 9.47. The molecule has 0 aliphatic heterocycles. The smallest absolute Gasteiger partial charge is 0.261 e. The molecule has 1 unspecified atom stereocenters. The van der Waals surface area contributed by atoms with Gasteiger partial charge in [0, 0.05) is 26.0 Å². The quantitative estimate of drug-likeness (QED) is 0.324. The lowest BCUT2D eigenvalue weighted by Crippen LogP contribution is -2.33. The third-order valence-electron chi connectivity index (χ3n) is 6.42. The molecule has 39 heavy (non-hydrogen) atoms. The van der Waals surface area contributed by atoms with Crippen LogP contribution >= 0.6 is 23.2 Å². The van der Waals surface area contributed by atoms with E-state index in [1.165, 1.54) is 21.6 Å². The van der Waals surface area contributed by atoms with Gasteiger partial charge < -0.3 is 5.32 Å². The van der Waals surface area contributed by atoms with Gasteiger partial charge in [0.25, 0.3) is 11.5 Å². The number of aromatic nitrogens is 6. The van der Waals surface area contributed by atoms with Gasteiger partial charge in [-0.15, -0.1) is 0 Å². The molecule has 0 radical (unpaired) electrons.